The van der Waals surface area contributed by atoms with E-state index < -0.39 is 33.9 Å². The molecule has 2 amide bonds. The highest BCUT2D eigenvalue weighted by atomic mass is 32.2. The molecule has 4 N–H and O–H groups in total. The van der Waals surface area contributed by atoms with Gasteiger partial charge in [-0.1, -0.05) is 12.1 Å². The largest absolute Gasteiger partial charge is 0.480 e. The molecule has 0 bridgehead atoms. The number of rotatable bonds is 8. The Morgan fingerprint density at radius 2 is 2.15 bits per heavy atom. The summed E-state index contributed by atoms with van der Waals surface area (Å²) in [5, 5.41) is 16.7. The summed E-state index contributed by atoms with van der Waals surface area (Å²) in [4.78, 5) is 37.0. The molecular weight excluding hydrogens is 374 g/mol. The predicted molar refractivity (Wildman–Crippen MR) is 97.3 cm³/mol. The number of anilines is 1. The molecule has 9 nitrogen and oxygen atoms in total. The number of hydrogen-bond acceptors (Lipinski definition) is 5. The van der Waals surface area contributed by atoms with Gasteiger partial charge in [0.15, 0.2) is 0 Å². The van der Waals surface area contributed by atoms with Gasteiger partial charge in [0.1, 0.15) is 6.04 Å². The summed E-state index contributed by atoms with van der Waals surface area (Å²) >= 11 is 0. The Balaban J connectivity index is 2.11. The third-order valence-corrected chi connectivity index (χ3v) is 5.14. The third kappa shape index (κ3) is 5.14. The molecule has 0 spiro atoms. The summed E-state index contributed by atoms with van der Waals surface area (Å²) in [5.74, 6) is -2.79. The molecule has 1 fully saturated rings. The second-order valence-electron chi connectivity index (χ2n) is 6.21. The topological polar surface area (TPSA) is 147 Å². The van der Waals surface area contributed by atoms with Crippen LogP contribution in [0.4, 0.5) is 5.69 Å². The highest BCUT2D eigenvalue weighted by Gasteiger charge is 2.36. The quantitative estimate of drug-likeness (QED) is 0.537. The first-order chi connectivity index (χ1) is 12.6. The summed E-state index contributed by atoms with van der Waals surface area (Å²) in [6.45, 7) is 3.54. The monoisotopic (exact) mass is 395 g/mol. The van der Waals surface area contributed by atoms with Gasteiger partial charge in [0.25, 0.3) is 0 Å². The van der Waals surface area contributed by atoms with Gasteiger partial charge in [0.2, 0.25) is 21.8 Å². The number of amides is 2. The molecule has 2 unspecified atom stereocenters. The van der Waals surface area contributed by atoms with Crippen molar-refractivity contribution < 1.29 is 27.9 Å². The number of hydrogen-bond donors (Lipinski definition) is 3. The van der Waals surface area contributed by atoms with Gasteiger partial charge in [-0.2, -0.15) is 0 Å². The minimum atomic E-state index is -3.93. The van der Waals surface area contributed by atoms with Crippen molar-refractivity contribution >= 4 is 33.5 Å². The van der Waals surface area contributed by atoms with Gasteiger partial charge in [-0.05, 0) is 31.0 Å². The minimum absolute atomic E-state index is 0.0204. The van der Waals surface area contributed by atoms with E-state index in [1.807, 2.05) is 0 Å². The molecule has 0 aliphatic carbocycles. The van der Waals surface area contributed by atoms with E-state index in [0.717, 1.165) is 0 Å². The Morgan fingerprint density at radius 1 is 1.44 bits per heavy atom. The first-order valence-electron chi connectivity index (χ1n) is 8.20. The molecule has 146 valence electrons. The average Bonchev–Trinajstić information content (AvgIpc) is 2.99. The SMILES string of the molecule is C=CCCC(NC(=O)C1CC(=O)N(c2cccc(S(N)(=O)=O)c2)C1)C(=O)O. The molecule has 1 heterocycles. The zero-order chi connectivity index (χ0) is 20.2. The van der Waals surface area contributed by atoms with Crippen molar-refractivity contribution in [1.82, 2.24) is 5.32 Å². The van der Waals surface area contributed by atoms with Crippen LogP contribution < -0.4 is 15.4 Å². The van der Waals surface area contributed by atoms with Crippen molar-refractivity contribution in [3.8, 4) is 0 Å². The maximum Gasteiger partial charge on any atom is 0.326 e. The number of carbonyl (C=O) groups excluding carboxylic acids is 2. The van der Waals surface area contributed by atoms with E-state index in [4.69, 9.17) is 5.14 Å². The van der Waals surface area contributed by atoms with Gasteiger partial charge in [0.05, 0.1) is 10.8 Å². The zero-order valence-electron chi connectivity index (χ0n) is 14.5. The fourth-order valence-corrected chi connectivity index (χ4v) is 3.35. The average molecular weight is 395 g/mol. The number of allylic oxidation sites excluding steroid dienone is 1. The molecule has 0 radical (unpaired) electrons. The first-order valence-corrected chi connectivity index (χ1v) is 9.75. The number of nitrogens with zero attached hydrogens (tertiary/aromatic N) is 1. The Kier molecular flexibility index (Phi) is 6.34. The second-order valence-corrected chi connectivity index (χ2v) is 7.77. The molecule has 0 aromatic heterocycles. The van der Waals surface area contributed by atoms with Crippen molar-refractivity contribution in [1.29, 1.82) is 0 Å². The van der Waals surface area contributed by atoms with E-state index in [0.29, 0.717) is 12.1 Å². The number of benzene rings is 1. The predicted octanol–water partition coefficient (Wildman–Crippen LogP) is 0.223. The molecule has 1 aliphatic rings. The Bertz CT molecular complexity index is 867. The van der Waals surface area contributed by atoms with Crippen molar-refractivity contribution in [3.63, 3.8) is 0 Å². The Hall–Kier alpha value is -2.72. The number of primary sulfonamides is 1. The van der Waals surface area contributed by atoms with Crippen LogP contribution in [0.25, 0.3) is 0 Å². The van der Waals surface area contributed by atoms with Gasteiger partial charge < -0.3 is 15.3 Å². The van der Waals surface area contributed by atoms with Gasteiger partial charge >= 0.3 is 5.97 Å². The maximum atomic E-state index is 12.4. The molecule has 1 aliphatic heterocycles. The molecule has 27 heavy (non-hydrogen) atoms. The van der Waals surface area contributed by atoms with Gasteiger partial charge in [-0.3, -0.25) is 9.59 Å². The number of carboxylic acids is 1. The van der Waals surface area contributed by atoms with Crippen LogP contribution in [0.3, 0.4) is 0 Å². The lowest BCUT2D eigenvalue weighted by molar-refractivity contribution is -0.142. The van der Waals surface area contributed by atoms with Crippen LogP contribution in [0.15, 0.2) is 41.8 Å². The summed E-state index contributed by atoms with van der Waals surface area (Å²) in [5.41, 5.74) is 0.309. The lowest BCUT2D eigenvalue weighted by Crippen LogP contribution is -2.44. The molecule has 2 atom stereocenters. The van der Waals surface area contributed by atoms with E-state index in [1.165, 1.54) is 29.2 Å². The molecule has 1 saturated heterocycles. The van der Waals surface area contributed by atoms with Gasteiger partial charge in [-0.15, -0.1) is 6.58 Å². The number of nitrogens with one attached hydrogen (secondary N) is 1. The van der Waals surface area contributed by atoms with E-state index in [9.17, 15) is 27.9 Å². The third-order valence-electron chi connectivity index (χ3n) is 4.23. The normalized spacial score (nSPS) is 18.2. The second kappa shape index (κ2) is 8.31. The zero-order valence-corrected chi connectivity index (χ0v) is 15.3. The van der Waals surface area contributed by atoms with Gasteiger partial charge in [-0.25, -0.2) is 18.4 Å². The molecule has 1 aromatic carbocycles. The van der Waals surface area contributed by atoms with Crippen LogP contribution in [0.5, 0.6) is 0 Å². The lowest BCUT2D eigenvalue weighted by atomic mass is 10.1. The summed E-state index contributed by atoms with van der Waals surface area (Å²) < 4.78 is 22.9. The van der Waals surface area contributed by atoms with E-state index >= 15 is 0 Å². The molecule has 0 saturated carbocycles. The van der Waals surface area contributed by atoms with E-state index in [1.54, 1.807) is 6.08 Å². The van der Waals surface area contributed by atoms with Crippen LogP contribution in [-0.2, 0) is 24.4 Å². The number of nitrogens with two attached hydrogens (primary N) is 1. The number of sulfonamides is 1. The number of carboxylic acid groups (broad SMARTS) is 1. The minimum Gasteiger partial charge on any atom is -0.480 e. The fraction of sp³-hybridized carbons (Fsp3) is 0.353. The van der Waals surface area contributed by atoms with Crippen LogP contribution in [-0.4, -0.2) is 43.9 Å². The van der Waals surface area contributed by atoms with Crippen LogP contribution >= 0.6 is 0 Å². The smallest absolute Gasteiger partial charge is 0.326 e. The summed E-state index contributed by atoms with van der Waals surface area (Å²) in [7, 11) is -3.93. The molecule has 2 rings (SSSR count). The van der Waals surface area contributed by atoms with Crippen molar-refractivity contribution in [2.45, 2.75) is 30.2 Å². The molecular formula is C17H21N3O6S. The molecule has 10 heteroatoms. The fourth-order valence-electron chi connectivity index (χ4n) is 2.79. The standard InChI is InChI=1S/C17H21N3O6S/c1-2-3-7-14(17(23)24)19-16(22)11-8-15(21)20(10-11)12-5-4-6-13(9-12)27(18,25)26/h2,4-6,9,11,14H,1,3,7-8,10H2,(H,19,22)(H,23,24)(H2,18,25,26). The summed E-state index contributed by atoms with van der Waals surface area (Å²) in [6, 6.07) is 4.49. The van der Waals surface area contributed by atoms with E-state index in [2.05, 4.69) is 11.9 Å². The Labute approximate surface area is 156 Å². The summed E-state index contributed by atoms with van der Waals surface area (Å²) in [6.07, 6.45) is 2.08. The van der Waals surface area contributed by atoms with E-state index in [-0.39, 0.29) is 30.2 Å². The van der Waals surface area contributed by atoms with Crippen LogP contribution in [0, 0.1) is 5.92 Å². The van der Waals surface area contributed by atoms with Crippen molar-refractivity contribution in [2.75, 3.05) is 11.4 Å². The van der Waals surface area contributed by atoms with Crippen molar-refractivity contribution in [2.24, 2.45) is 11.1 Å². The van der Waals surface area contributed by atoms with Crippen LogP contribution in [0.1, 0.15) is 19.3 Å². The number of carbonyl (C=O) groups is 3. The Morgan fingerprint density at radius 3 is 2.74 bits per heavy atom. The maximum absolute atomic E-state index is 12.4. The molecule has 1 aromatic rings. The lowest BCUT2D eigenvalue weighted by Gasteiger charge is -2.19. The van der Waals surface area contributed by atoms with Crippen LogP contribution in [0.2, 0.25) is 0 Å². The number of aliphatic carboxylic acids is 1. The first kappa shape index (κ1) is 20.6. The van der Waals surface area contributed by atoms with Gasteiger partial charge in [0, 0.05) is 18.7 Å². The highest BCUT2D eigenvalue weighted by molar-refractivity contribution is 7.89. The highest BCUT2D eigenvalue weighted by Crippen LogP contribution is 2.27. The van der Waals surface area contributed by atoms with Crippen molar-refractivity contribution in [3.05, 3.63) is 36.9 Å².